The van der Waals surface area contributed by atoms with Gasteiger partial charge in [-0.2, -0.15) is 5.10 Å². The highest BCUT2D eigenvalue weighted by Crippen LogP contribution is 2.31. The molecule has 8 nitrogen and oxygen atoms in total. The van der Waals surface area contributed by atoms with Gasteiger partial charge in [0.15, 0.2) is 0 Å². The Hall–Kier alpha value is -3.39. The summed E-state index contributed by atoms with van der Waals surface area (Å²) in [6, 6.07) is 13.0. The Morgan fingerprint density at radius 1 is 1.09 bits per heavy atom. The Bertz CT molecular complexity index is 1070. The summed E-state index contributed by atoms with van der Waals surface area (Å²) in [4.78, 5) is 22.2. The van der Waals surface area contributed by atoms with Crippen molar-refractivity contribution in [3.8, 4) is 17.1 Å². The van der Waals surface area contributed by atoms with E-state index >= 15 is 0 Å². The predicted octanol–water partition coefficient (Wildman–Crippen LogP) is 3.65. The van der Waals surface area contributed by atoms with Crippen LogP contribution >= 0.6 is 0 Å². The quantitative estimate of drug-likeness (QED) is 0.638. The van der Waals surface area contributed by atoms with Crippen LogP contribution in [0, 0.1) is 0 Å². The normalized spacial score (nSPS) is 14.9. The van der Waals surface area contributed by atoms with Gasteiger partial charge < -0.3 is 15.0 Å². The molecule has 32 heavy (non-hydrogen) atoms. The maximum Gasteiger partial charge on any atom is 0.274 e. The van der Waals surface area contributed by atoms with Crippen molar-refractivity contribution in [2.45, 2.75) is 26.3 Å². The minimum atomic E-state index is -0.295. The van der Waals surface area contributed by atoms with Crippen LogP contribution in [-0.4, -0.2) is 64.8 Å². The second kappa shape index (κ2) is 9.00. The van der Waals surface area contributed by atoms with Crippen molar-refractivity contribution in [1.29, 1.82) is 0 Å². The van der Waals surface area contributed by atoms with E-state index in [1.54, 1.807) is 25.4 Å². The molecule has 1 aromatic carbocycles. The number of nitrogens with zero attached hydrogens (tertiary/aromatic N) is 4. The number of carbonyl (C=O) groups is 1. The number of aromatic amines is 1. The van der Waals surface area contributed by atoms with Gasteiger partial charge >= 0.3 is 0 Å². The topological polar surface area (TPSA) is 86.4 Å². The third-order valence-corrected chi connectivity index (χ3v) is 5.79. The number of amides is 1. The fourth-order valence-corrected chi connectivity index (χ4v) is 3.91. The summed E-state index contributed by atoms with van der Waals surface area (Å²) in [5.74, 6) is 0.329. The Kier molecular flexibility index (Phi) is 6.14. The summed E-state index contributed by atoms with van der Waals surface area (Å²) in [6.07, 6.45) is 1.65. The lowest BCUT2D eigenvalue weighted by Crippen LogP contribution is -2.53. The van der Waals surface area contributed by atoms with Crippen molar-refractivity contribution < 1.29 is 9.53 Å². The zero-order chi connectivity index (χ0) is 22.7. The molecule has 1 fully saturated rings. The third-order valence-electron chi connectivity index (χ3n) is 5.79. The summed E-state index contributed by atoms with van der Waals surface area (Å²) in [7, 11) is 1.61. The van der Waals surface area contributed by atoms with Crippen LogP contribution in [0.2, 0.25) is 0 Å². The average Bonchev–Trinajstić information content (AvgIpc) is 3.34. The molecule has 1 aliphatic rings. The number of aromatic nitrogens is 3. The average molecular weight is 435 g/mol. The maximum atomic E-state index is 12.8. The largest absolute Gasteiger partial charge is 0.494 e. The van der Waals surface area contributed by atoms with Crippen molar-refractivity contribution in [3.63, 3.8) is 0 Å². The number of H-pyrrole nitrogens is 1. The molecular weight excluding hydrogens is 404 g/mol. The number of anilines is 2. The highest BCUT2D eigenvalue weighted by Gasteiger charge is 2.26. The molecule has 8 heteroatoms. The minimum Gasteiger partial charge on any atom is -0.494 e. The first-order chi connectivity index (χ1) is 15.3. The molecule has 0 aliphatic carbocycles. The Labute approximate surface area is 188 Å². The number of pyridine rings is 1. The van der Waals surface area contributed by atoms with Crippen molar-refractivity contribution in [3.05, 3.63) is 54.4 Å². The number of hydrogen-bond donors (Lipinski definition) is 2. The zero-order valence-electron chi connectivity index (χ0n) is 19.1. The molecule has 0 unspecified atom stereocenters. The van der Waals surface area contributed by atoms with E-state index in [-0.39, 0.29) is 11.4 Å². The van der Waals surface area contributed by atoms with Gasteiger partial charge in [-0.3, -0.25) is 14.8 Å². The van der Waals surface area contributed by atoms with Gasteiger partial charge in [0.1, 0.15) is 11.4 Å². The molecule has 3 heterocycles. The van der Waals surface area contributed by atoms with Crippen LogP contribution in [0.1, 0.15) is 31.3 Å². The number of hydrogen-bond acceptors (Lipinski definition) is 6. The van der Waals surface area contributed by atoms with Crippen molar-refractivity contribution in [2.75, 3.05) is 43.5 Å². The molecule has 1 saturated heterocycles. The Morgan fingerprint density at radius 3 is 2.53 bits per heavy atom. The van der Waals surface area contributed by atoms with E-state index in [2.05, 4.69) is 51.1 Å². The molecule has 0 bridgehead atoms. The number of methoxy groups -OCH3 is 1. The number of ether oxygens (including phenoxy) is 1. The molecule has 4 rings (SSSR count). The van der Waals surface area contributed by atoms with E-state index in [1.165, 1.54) is 0 Å². The number of carbonyl (C=O) groups excluding carboxylic acids is 1. The minimum absolute atomic E-state index is 0.181. The van der Waals surface area contributed by atoms with Crippen molar-refractivity contribution >= 4 is 17.3 Å². The van der Waals surface area contributed by atoms with E-state index in [4.69, 9.17) is 4.74 Å². The van der Waals surface area contributed by atoms with Gasteiger partial charge in [0.25, 0.3) is 5.91 Å². The summed E-state index contributed by atoms with van der Waals surface area (Å²) in [5.41, 5.74) is 3.62. The lowest BCUT2D eigenvalue weighted by atomic mass is 10.0. The molecule has 0 radical (unpaired) electrons. The van der Waals surface area contributed by atoms with Gasteiger partial charge in [-0.1, -0.05) is 6.07 Å². The van der Waals surface area contributed by atoms with Gasteiger partial charge in [0, 0.05) is 49.7 Å². The molecule has 1 amide bonds. The smallest absolute Gasteiger partial charge is 0.274 e. The molecule has 0 spiro atoms. The molecule has 2 N–H and O–H groups in total. The summed E-state index contributed by atoms with van der Waals surface area (Å²) in [6.45, 7) is 10.7. The summed E-state index contributed by atoms with van der Waals surface area (Å²) >= 11 is 0. The van der Waals surface area contributed by atoms with Crippen LogP contribution in [0.4, 0.5) is 11.4 Å². The second-order valence-corrected chi connectivity index (χ2v) is 8.86. The molecule has 1 aliphatic heterocycles. The monoisotopic (exact) mass is 434 g/mol. The van der Waals surface area contributed by atoms with E-state index in [0.717, 1.165) is 37.6 Å². The van der Waals surface area contributed by atoms with E-state index in [1.807, 2.05) is 30.3 Å². The highest BCUT2D eigenvalue weighted by molar-refractivity contribution is 6.04. The highest BCUT2D eigenvalue weighted by atomic mass is 16.5. The SMILES string of the molecule is COc1cc(N2CCN(C(C)(C)C)CC2)ccc1NC(=O)c1cccc(-c2ccn[nH]2)n1. The van der Waals surface area contributed by atoms with E-state index in [0.29, 0.717) is 22.8 Å². The fourth-order valence-electron chi connectivity index (χ4n) is 3.91. The van der Waals surface area contributed by atoms with Crippen molar-refractivity contribution in [2.24, 2.45) is 0 Å². The van der Waals surface area contributed by atoms with Gasteiger partial charge in [0.2, 0.25) is 0 Å². The van der Waals surface area contributed by atoms with Crippen molar-refractivity contribution in [1.82, 2.24) is 20.1 Å². The Balaban J connectivity index is 1.47. The first-order valence-corrected chi connectivity index (χ1v) is 10.8. The van der Waals surface area contributed by atoms with Gasteiger partial charge in [-0.05, 0) is 51.1 Å². The number of piperazine rings is 1. The standard InChI is InChI=1S/C24H30N6O2/c1-24(2,3)30-14-12-29(13-15-30)17-8-9-20(22(16-17)32-4)27-23(31)21-7-5-6-18(26-21)19-10-11-25-28-19/h5-11,16H,12-15H2,1-4H3,(H,25,28)(H,27,31). The molecule has 168 valence electrons. The van der Waals surface area contributed by atoms with E-state index < -0.39 is 0 Å². The maximum absolute atomic E-state index is 12.8. The Morgan fingerprint density at radius 2 is 1.88 bits per heavy atom. The third kappa shape index (κ3) is 4.75. The van der Waals surface area contributed by atoms with Crippen LogP contribution in [0.5, 0.6) is 5.75 Å². The molecule has 2 aromatic heterocycles. The number of nitrogens with one attached hydrogen (secondary N) is 2. The first-order valence-electron chi connectivity index (χ1n) is 10.8. The first kappa shape index (κ1) is 21.8. The zero-order valence-corrected chi connectivity index (χ0v) is 19.1. The van der Waals surface area contributed by atoms with Gasteiger partial charge in [0.05, 0.1) is 24.2 Å². The molecule has 0 saturated carbocycles. The molecular formula is C24H30N6O2. The summed E-state index contributed by atoms with van der Waals surface area (Å²) < 4.78 is 5.59. The van der Waals surface area contributed by atoms with Gasteiger partial charge in [-0.15, -0.1) is 0 Å². The van der Waals surface area contributed by atoms with Crippen LogP contribution in [0.3, 0.4) is 0 Å². The lowest BCUT2D eigenvalue weighted by molar-refractivity contribution is 0.102. The van der Waals surface area contributed by atoms with Crippen LogP contribution in [0.25, 0.3) is 11.4 Å². The van der Waals surface area contributed by atoms with Crippen LogP contribution in [0.15, 0.2) is 48.7 Å². The van der Waals surface area contributed by atoms with Gasteiger partial charge in [-0.25, -0.2) is 4.98 Å². The second-order valence-electron chi connectivity index (χ2n) is 8.86. The molecule has 0 atom stereocenters. The summed E-state index contributed by atoms with van der Waals surface area (Å²) in [5, 5.41) is 9.73. The van der Waals surface area contributed by atoms with E-state index in [9.17, 15) is 4.79 Å². The fraction of sp³-hybridized carbons (Fsp3) is 0.375. The predicted molar refractivity (Wildman–Crippen MR) is 126 cm³/mol. The van der Waals surface area contributed by atoms with Crippen LogP contribution in [-0.2, 0) is 0 Å². The van der Waals surface area contributed by atoms with Crippen LogP contribution < -0.4 is 15.0 Å². The number of rotatable bonds is 5. The molecule has 3 aromatic rings. The lowest BCUT2D eigenvalue weighted by Gasteiger charge is -2.43. The number of benzene rings is 1.